The lowest BCUT2D eigenvalue weighted by Crippen LogP contribution is -2.59. The zero-order valence-corrected chi connectivity index (χ0v) is 19.6. The predicted molar refractivity (Wildman–Crippen MR) is 124 cm³/mol. The fraction of sp³-hybridized carbons (Fsp3) is 0.462. The van der Waals surface area contributed by atoms with Crippen LogP contribution in [-0.4, -0.2) is 51.5 Å². The molecule has 1 aliphatic carbocycles. The maximum absolute atomic E-state index is 14.0. The Kier molecular flexibility index (Phi) is 5.12. The van der Waals surface area contributed by atoms with Gasteiger partial charge in [-0.25, -0.2) is 0 Å². The third-order valence-corrected chi connectivity index (χ3v) is 7.98. The smallest absolute Gasteiger partial charge is 0.250 e. The quantitative estimate of drug-likeness (QED) is 0.765. The molecule has 2 aromatic carbocycles. The SMILES string of the molecule is COc1cc([C@@H]2CN(C)[C@]3(C(=O)Nc4ccccc43)[C@]23CCCCC3=O)cc(OC)c1OC. The van der Waals surface area contributed by atoms with Crippen LogP contribution in [0.1, 0.15) is 42.7 Å². The summed E-state index contributed by atoms with van der Waals surface area (Å²) in [7, 11) is 6.71. The van der Waals surface area contributed by atoms with E-state index in [4.69, 9.17) is 14.2 Å². The number of likely N-dealkylation sites (tertiary alicyclic amines) is 1. The highest BCUT2D eigenvalue weighted by atomic mass is 16.5. The van der Waals surface area contributed by atoms with Crippen molar-refractivity contribution in [3.05, 3.63) is 47.5 Å². The van der Waals surface area contributed by atoms with Crippen LogP contribution in [0.4, 0.5) is 5.69 Å². The number of ether oxygens (including phenoxy) is 3. The molecule has 33 heavy (non-hydrogen) atoms. The summed E-state index contributed by atoms with van der Waals surface area (Å²) in [5.41, 5.74) is 0.661. The number of amides is 1. The highest BCUT2D eigenvalue weighted by Gasteiger charge is 2.73. The summed E-state index contributed by atoms with van der Waals surface area (Å²) in [5, 5.41) is 3.09. The molecule has 174 valence electrons. The van der Waals surface area contributed by atoms with Crippen LogP contribution in [0.3, 0.4) is 0 Å². The van der Waals surface area contributed by atoms with E-state index >= 15 is 0 Å². The molecule has 0 aromatic heterocycles. The van der Waals surface area contributed by atoms with Gasteiger partial charge in [0.2, 0.25) is 5.75 Å². The van der Waals surface area contributed by atoms with Gasteiger partial charge in [0, 0.05) is 30.1 Å². The van der Waals surface area contributed by atoms with Gasteiger partial charge in [-0.3, -0.25) is 14.5 Å². The first-order valence-corrected chi connectivity index (χ1v) is 11.4. The Morgan fingerprint density at radius 3 is 2.33 bits per heavy atom. The van der Waals surface area contributed by atoms with Gasteiger partial charge in [0.15, 0.2) is 11.5 Å². The van der Waals surface area contributed by atoms with Crippen molar-refractivity contribution in [3.8, 4) is 17.2 Å². The summed E-state index contributed by atoms with van der Waals surface area (Å²) >= 11 is 0. The van der Waals surface area contributed by atoms with Crippen LogP contribution >= 0.6 is 0 Å². The molecule has 2 aliphatic heterocycles. The third-order valence-electron chi connectivity index (χ3n) is 7.98. The van der Waals surface area contributed by atoms with E-state index in [0.717, 1.165) is 29.7 Å². The van der Waals surface area contributed by atoms with Crippen molar-refractivity contribution in [2.75, 3.05) is 40.2 Å². The van der Waals surface area contributed by atoms with Gasteiger partial charge in [0.1, 0.15) is 11.3 Å². The Hall–Kier alpha value is -3.06. The Labute approximate surface area is 194 Å². The first-order valence-electron chi connectivity index (χ1n) is 11.4. The normalized spacial score (nSPS) is 28.8. The highest BCUT2D eigenvalue weighted by molar-refractivity contribution is 6.11. The number of ketones is 1. The zero-order chi connectivity index (χ0) is 23.4. The van der Waals surface area contributed by atoms with Crippen LogP contribution in [0, 0.1) is 5.41 Å². The molecule has 0 radical (unpaired) electrons. The molecule has 1 amide bonds. The van der Waals surface area contributed by atoms with Crippen molar-refractivity contribution in [1.82, 2.24) is 4.90 Å². The number of likely N-dealkylation sites (N-methyl/N-ethyl adjacent to an activating group) is 1. The van der Waals surface area contributed by atoms with E-state index in [1.165, 1.54) is 0 Å². The van der Waals surface area contributed by atoms with Crippen LogP contribution in [0.5, 0.6) is 17.2 Å². The molecule has 1 saturated carbocycles. The number of carbonyl (C=O) groups excluding carboxylic acids is 2. The summed E-state index contributed by atoms with van der Waals surface area (Å²) in [4.78, 5) is 29.9. The molecular weight excluding hydrogens is 420 g/mol. The minimum Gasteiger partial charge on any atom is -0.493 e. The summed E-state index contributed by atoms with van der Waals surface area (Å²) in [6.45, 7) is 0.562. The minimum atomic E-state index is -1.05. The molecule has 0 unspecified atom stereocenters. The van der Waals surface area contributed by atoms with E-state index in [2.05, 4.69) is 10.2 Å². The number of hydrogen-bond donors (Lipinski definition) is 1. The second kappa shape index (κ2) is 7.76. The highest BCUT2D eigenvalue weighted by Crippen LogP contribution is 2.66. The van der Waals surface area contributed by atoms with Crippen LogP contribution in [0.2, 0.25) is 0 Å². The maximum atomic E-state index is 14.0. The van der Waals surface area contributed by atoms with Crippen molar-refractivity contribution in [2.24, 2.45) is 5.41 Å². The number of anilines is 1. The van der Waals surface area contributed by atoms with E-state index in [-0.39, 0.29) is 17.6 Å². The van der Waals surface area contributed by atoms with Crippen molar-refractivity contribution >= 4 is 17.4 Å². The summed E-state index contributed by atoms with van der Waals surface area (Å²) in [6.07, 6.45) is 2.88. The fourth-order valence-electron chi connectivity index (χ4n) is 6.72. The number of benzene rings is 2. The molecule has 1 N–H and O–H groups in total. The fourth-order valence-corrected chi connectivity index (χ4v) is 6.72. The maximum Gasteiger partial charge on any atom is 0.250 e. The zero-order valence-electron chi connectivity index (χ0n) is 19.6. The largest absolute Gasteiger partial charge is 0.493 e. The van der Waals surface area contributed by atoms with E-state index in [0.29, 0.717) is 36.6 Å². The van der Waals surface area contributed by atoms with Gasteiger partial charge in [0.05, 0.1) is 26.7 Å². The monoisotopic (exact) mass is 450 g/mol. The minimum absolute atomic E-state index is 0.114. The summed E-state index contributed by atoms with van der Waals surface area (Å²) in [6, 6.07) is 11.6. The Bertz CT molecular complexity index is 1110. The third kappa shape index (κ3) is 2.66. The Morgan fingerprint density at radius 1 is 1.00 bits per heavy atom. The first-order chi connectivity index (χ1) is 15.9. The number of methoxy groups -OCH3 is 3. The van der Waals surface area contributed by atoms with Crippen LogP contribution in [-0.2, 0) is 15.1 Å². The number of nitrogens with one attached hydrogen (secondary N) is 1. The molecule has 3 aliphatic rings. The van der Waals surface area contributed by atoms with E-state index in [1.807, 2.05) is 43.4 Å². The van der Waals surface area contributed by atoms with E-state index < -0.39 is 11.0 Å². The molecular formula is C26H30N2O5. The number of Topliss-reactive ketones (excluding diaryl/α,β-unsaturated/α-hetero) is 1. The van der Waals surface area contributed by atoms with Gasteiger partial charge in [0.25, 0.3) is 5.91 Å². The van der Waals surface area contributed by atoms with Crippen molar-refractivity contribution < 1.29 is 23.8 Å². The van der Waals surface area contributed by atoms with Crippen LogP contribution in [0.15, 0.2) is 36.4 Å². The average Bonchev–Trinajstić information content (AvgIpc) is 3.28. The molecule has 1 saturated heterocycles. The van der Waals surface area contributed by atoms with E-state index in [9.17, 15) is 9.59 Å². The van der Waals surface area contributed by atoms with Crippen LogP contribution in [0.25, 0.3) is 0 Å². The molecule has 2 heterocycles. The molecule has 2 fully saturated rings. The predicted octanol–water partition coefficient (Wildman–Crippen LogP) is 3.72. The summed E-state index contributed by atoms with van der Waals surface area (Å²) < 4.78 is 16.8. The molecule has 7 nitrogen and oxygen atoms in total. The summed E-state index contributed by atoms with van der Waals surface area (Å²) in [5.74, 6) is 1.44. The number of fused-ring (bicyclic) bond motifs is 3. The second-order valence-corrected chi connectivity index (χ2v) is 9.20. The first kappa shape index (κ1) is 21.8. The lowest BCUT2D eigenvalue weighted by molar-refractivity contribution is -0.148. The Morgan fingerprint density at radius 2 is 1.70 bits per heavy atom. The molecule has 5 rings (SSSR count). The average molecular weight is 451 g/mol. The number of nitrogens with zero attached hydrogens (tertiary/aromatic N) is 1. The number of rotatable bonds is 4. The standard InChI is InChI=1S/C26H30N2O5/c1-28-15-18(16-13-20(31-2)23(33-4)21(14-16)32-3)25(12-8-7-11-22(25)29)26(28)17-9-5-6-10-19(17)27-24(26)30/h5-6,9-10,13-14,18H,7-8,11-12,15H2,1-4H3,(H,27,30)/t18-,25+,26+/m0/s1. The second-order valence-electron chi connectivity index (χ2n) is 9.20. The van der Waals surface area contributed by atoms with Crippen molar-refractivity contribution in [3.63, 3.8) is 0 Å². The number of hydrogen-bond acceptors (Lipinski definition) is 6. The topological polar surface area (TPSA) is 77.1 Å². The number of carbonyl (C=O) groups is 2. The van der Waals surface area contributed by atoms with Gasteiger partial charge in [-0.2, -0.15) is 0 Å². The molecule has 2 aromatic rings. The molecule has 7 heteroatoms. The lowest BCUT2D eigenvalue weighted by Gasteiger charge is -2.48. The van der Waals surface area contributed by atoms with E-state index in [1.54, 1.807) is 21.3 Å². The van der Waals surface area contributed by atoms with Gasteiger partial charge in [-0.15, -0.1) is 0 Å². The van der Waals surface area contributed by atoms with Gasteiger partial charge < -0.3 is 19.5 Å². The Balaban J connectivity index is 1.78. The lowest BCUT2D eigenvalue weighted by atomic mass is 9.54. The van der Waals surface area contributed by atoms with Gasteiger partial charge in [-0.1, -0.05) is 24.6 Å². The van der Waals surface area contributed by atoms with Crippen LogP contribution < -0.4 is 19.5 Å². The molecule has 3 atom stereocenters. The van der Waals surface area contributed by atoms with Gasteiger partial charge >= 0.3 is 0 Å². The number of para-hydroxylation sites is 1. The van der Waals surface area contributed by atoms with Gasteiger partial charge in [-0.05, 0) is 43.7 Å². The molecule has 0 bridgehead atoms. The molecule has 2 spiro atoms. The van der Waals surface area contributed by atoms with Crippen molar-refractivity contribution in [2.45, 2.75) is 37.1 Å². The van der Waals surface area contributed by atoms with Crippen molar-refractivity contribution in [1.29, 1.82) is 0 Å².